The van der Waals surface area contributed by atoms with Gasteiger partial charge in [-0.15, -0.1) is 0 Å². The number of anilines is 1. The van der Waals surface area contributed by atoms with Gasteiger partial charge in [0.1, 0.15) is 17.7 Å². The van der Waals surface area contributed by atoms with Crippen molar-refractivity contribution in [3.05, 3.63) is 17.8 Å². The van der Waals surface area contributed by atoms with E-state index in [1.807, 2.05) is 6.92 Å². The number of aromatic nitrogens is 4. The van der Waals surface area contributed by atoms with Crippen LogP contribution in [-0.4, -0.2) is 19.6 Å². The summed E-state index contributed by atoms with van der Waals surface area (Å²) in [5.74, 6) is 1.32. The molecule has 0 aliphatic rings. The van der Waals surface area contributed by atoms with Gasteiger partial charge in [0, 0.05) is 5.41 Å². The third-order valence-corrected chi connectivity index (χ3v) is 2.33. The SMILES string of the molecule is Cc1nc(C(C)(C)C)c2c(N)ncnn12. The van der Waals surface area contributed by atoms with Crippen molar-refractivity contribution in [2.24, 2.45) is 0 Å². The zero-order valence-electron chi connectivity index (χ0n) is 9.44. The first-order valence-corrected chi connectivity index (χ1v) is 4.87. The van der Waals surface area contributed by atoms with Gasteiger partial charge in [0.25, 0.3) is 0 Å². The minimum Gasteiger partial charge on any atom is -0.382 e. The third-order valence-electron chi connectivity index (χ3n) is 2.33. The standard InChI is InChI=1S/C10H15N5/c1-6-14-8(10(2,3)4)7-9(11)12-5-13-15(6)7/h5H,1-4H3,(H2,11,12,13). The summed E-state index contributed by atoms with van der Waals surface area (Å²) in [7, 11) is 0. The molecular weight excluding hydrogens is 190 g/mol. The molecule has 2 rings (SSSR count). The van der Waals surface area contributed by atoms with Crippen LogP contribution in [0.1, 0.15) is 32.3 Å². The Labute approximate surface area is 88.3 Å². The van der Waals surface area contributed by atoms with Crippen LogP contribution in [0.25, 0.3) is 5.52 Å². The summed E-state index contributed by atoms with van der Waals surface area (Å²) in [5, 5.41) is 4.14. The molecule has 0 unspecified atom stereocenters. The summed E-state index contributed by atoms with van der Waals surface area (Å²) in [6.07, 6.45) is 1.45. The van der Waals surface area contributed by atoms with E-state index in [9.17, 15) is 0 Å². The quantitative estimate of drug-likeness (QED) is 0.704. The number of rotatable bonds is 0. The Morgan fingerprint density at radius 2 is 2.00 bits per heavy atom. The van der Waals surface area contributed by atoms with Gasteiger partial charge >= 0.3 is 0 Å². The fourth-order valence-corrected chi connectivity index (χ4v) is 1.62. The maximum absolute atomic E-state index is 5.86. The number of hydrogen-bond donors (Lipinski definition) is 1. The first kappa shape index (κ1) is 9.89. The van der Waals surface area contributed by atoms with E-state index in [0.717, 1.165) is 17.0 Å². The smallest absolute Gasteiger partial charge is 0.153 e. The average molecular weight is 205 g/mol. The van der Waals surface area contributed by atoms with Gasteiger partial charge < -0.3 is 5.73 Å². The summed E-state index contributed by atoms with van der Waals surface area (Å²) >= 11 is 0. The molecule has 80 valence electrons. The molecule has 5 heteroatoms. The van der Waals surface area contributed by atoms with E-state index in [1.54, 1.807) is 4.52 Å². The Kier molecular flexibility index (Phi) is 1.92. The maximum Gasteiger partial charge on any atom is 0.153 e. The number of nitrogens with two attached hydrogens (primary N) is 1. The van der Waals surface area contributed by atoms with Crippen molar-refractivity contribution in [2.45, 2.75) is 33.1 Å². The zero-order valence-corrected chi connectivity index (χ0v) is 9.44. The van der Waals surface area contributed by atoms with Gasteiger partial charge in [-0.2, -0.15) is 5.10 Å². The molecule has 0 saturated heterocycles. The predicted octanol–water partition coefficient (Wildman–Crippen LogP) is 1.31. The minimum absolute atomic E-state index is 0.0572. The van der Waals surface area contributed by atoms with E-state index < -0.39 is 0 Å². The fourth-order valence-electron chi connectivity index (χ4n) is 1.62. The van der Waals surface area contributed by atoms with Gasteiger partial charge in [-0.05, 0) is 6.92 Å². The lowest BCUT2D eigenvalue weighted by Gasteiger charge is -2.15. The average Bonchev–Trinajstić information content (AvgIpc) is 2.45. The van der Waals surface area contributed by atoms with Crippen LogP contribution in [-0.2, 0) is 5.41 Å². The number of hydrogen-bond acceptors (Lipinski definition) is 4. The van der Waals surface area contributed by atoms with Gasteiger partial charge in [-0.1, -0.05) is 20.8 Å². The molecule has 2 heterocycles. The van der Waals surface area contributed by atoms with Crippen molar-refractivity contribution in [3.63, 3.8) is 0 Å². The first-order chi connectivity index (χ1) is 6.91. The van der Waals surface area contributed by atoms with Gasteiger partial charge in [-0.25, -0.2) is 14.5 Å². The maximum atomic E-state index is 5.86. The molecule has 0 amide bonds. The van der Waals surface area contributed by atoms with Crippen molar-refractivity contribution in [2.75, 3.05) is 5.73 Å². The molecular formula is C10H15N5. The highest BCUT2D eigenvalue weighted by Crippen LogP contribution is 2.28. The molecule has 2 N–H and O–H groups in total. The van der Waals surface area contributed by atoms with Crippen LogP contribution in [0.5, 0.6) is 0 Å². The fraction of sp³-hybridized carbons (Fsp3) is 0.500. The molecule has 5 nitrogen and oxygen atoms in total. The highest BCUT2D eigenvalue weighted by Gasteiger charge is 2.23. The number of imidazole rings is 1. The van der Waals surface area contributed by atoms with Crippen LogP contribution in [0, 0.1) is 6.92 Å². The lowest BCUT2D eigenvalue weighted by atomic mass is 9.91. The topological polar surface area (TPSA) is 69.1 Å². The van der Waals surface area contributed by atoms with Gasteiger partial charge in [0.15, 0.2) is 5.82 Å². The Morgan fingerprint density at radius 1 is 1.33 bits per heavy atom. The molecule has 2 aromatic heterocycles. The van der Waals surface area contributed by atoms with E-state index >= 15 is 0 Å². The molecule has 0 fully saturated rings. The van der Waals surface area contributed by atoms with Crippen LogP contribution in [0.3, 0.4) is 0 Å². The van der Waals surface area contributed by atoms with Crippen molar-refractivity contribution >= 4 is 11.3 Å². The van der Waals surface area contributed by atoms with Crippen LogP contribution in [0.15, 0.2) is 6.33 Å². The predicted molar refractivity (Wildman–Crippen MR) is 58.6 cm³/mol. The summed E-state index contributed by atoms with van der Waals surface area (Å²) in [6, 6.07) is 0. The van der Waals surface area contributed by atoms with E-state index in [4.69, 9.17) is 5.73 Å². The Balaban J connectivity index is 2.88. The van der Waals surface area contributed by atoms with E-state index in [2.05, 4.69) is 35.8 Å². The van der Waals surface area contributed by atoms with Gasteiger partial charge in [0.2, 0.25) is 0 Å². The molecule has 0 aromatic carbocycles. The van der Waals surface area contributed by atoms with Gasteiger partial charge in [0.05, 0.1) is 5.69 Å². The van der Waals surface area contributed by atoms with Crippen molar-refractivity contribution in [3.8, 4) is 0 Å². The second-order valence-electron chi connectivity index (χ2n) is 4.66. The number of aryl methyl sites for hydroxylation is 1. The van der Waals surface area contributed by atoms with Crippen molar-refractivity contribution in [1.29, 1.82) is 0 Å². The van der Waals surface area contributed by atoms with Crippen molar-refractivity contribution in [1.82, 2.24) is 19.6 Å². The summed E-state index contributed by atoms with van der Waals surface area (Å²) in [6.45, 7) is 8.21. The second-order valence-corrected chi connectivity index (χ2v) is 4.66. The number of fused-ring (bicyclic) bond motifs is 1. The van der Waals surface area contributed by atoms with Gasteiger partial charge in [-0.3, -0.25) is 0 Å². The van der Waals surface area contributed by atoms with Crippen molar-refractivity contribution < 1.29 is 0 Å². The molecule has 0 aliphatic carbocycles. The lowest BCUT2D eigenvalue weighted by Crippen LogP contribution is -2.13. The normalized spacial score (nSPS) is 12.3. The molecule has 0 atom stereocenters. The molecule has 0 bridgehead atoms. The largest absolute Gasteiger partial charge is 0.382 e. The van der Waals surface area contributed by atoms with E-state index in [0.29, 0.717) is 5.82 Å². The van der Waals surface area contributed by atoms with Crippen LogP contribution < -0.4 is 5.73 Å². The van der Waals surface area contributed by atoms with E-state index in [-0.39, 0.29) is 5.41 Å². The van der Waals surface area contributed by atoms with Crippen LogP contribution in [0.4, 0.5) is 5.82 Å². The Bertz CT molecular complexity index is 506. The Hall–Kier alpha value is -1.65. The number of nitrogen functional groups attached to an aromatic ring is 1. The summed E-state index contributed by atoms with van der Waals surface area (Å²) in [5.41, 5.74) is 7.56. The molecule has 0 aliphatic heterocycles. The Morgan fingerprint density at radius 3 is 2.60 bits per heavy atom. The summed E-state index contributed by atoms with van der Waals surface area (Å²) in [4.78, 5) is 8.50. The molecule has 0 radical (unpaired) electrons. The first-order valence-electron chi connectivity index (χ1n) is 4.87. The second kappa shape index (κ2) is 2.92. The lowest BCUT2D eigenvalue weighted by molar-refractivity contribution is 0.576. The molecule has 2 aromatic rings. The third kappa shape index (κ3) is 1.44. The monoisotopic (exact) mass is 205 g/mol. The molecule has 15 heavy (non-hydrogen) atoms. The molecule has 0 spiro atoms. The minimum atomic E-state index is -0.0572. The number of nitrogens with zero attached hydrogens (tertiary/aromatic N) is 4. The molecule has 0 saturated carbocycles. The zero-order chi connectivity index (χ0) is 11.2. The van der Waals surface area contributed by atoms with E-state index in [1.165, 1.54) is 6.33 Å². The van der Waals surface area contributed by atoms with Crippen LogP contribution >= 0.6 is 0 Å². The van der Waals surface area contributed by atoms with Crippen LogP contribution in [0.2, 0.25) is 0 Å². The summed E-state index contributed by atoms with van der Waals surface area (Å²) < 4.78 is 1.74. The highest BCUT2D eigenvalue weighted by atomic mass is 15.3. The highest BCUT2D eigenvalue weighted by molar-refractivity contribution is 5.69.